The van der Waals surface area contributed by atoms with E-state index >= 15 is 0 Å². The number of hydrogen-bond acceptors (Lipinski definition) is 6. The topological polar surface area (TPSA) is 112 Å². The summed E-state index contributed by atoms with van der Waals surface area (Å²) < 4.78 is 27.7. The van der Waals surface area contributed by atoms with Crippen molar-refractivity contribution in [3.05, 3.63) is 53.0 Å². The molecule has 2 N–H and O–H groups in total. The lowest BCUT2D eigenvalue weighted by molar-refractivity contribution is -0.115. The molecule has 26 heavy (non-hydrogen) atoms. The van der Waals surface area contributed by atoms with Crippen LogP contribution in [0.25, 0.3) is 10.2 Å². The smallest absolute Gasteiger partial charge is 0.242 e. The number of aryl methyl sites for hydroxylation is 1. The van der Waals surface area contributed by atoms with E-state index < -0.39 is 22.5 Å². The number of nitriles is 1. The Hall–Kier alpha value is -2.80. The molecule has 0 fully saturated rings. The van der Waals surface area contributed by atoms with Gasteiger partial charge in [0.05, 0.1) is 32.2 Å². The van der Waals surface area contributed by atoms with Gasteiger partial charge in [0.1, 0.15) is 6.07 Å². The second-order valence-corrected chi connectivity index (χ2v) is 8.37. The van der Waals surface area contributed by atoms with Crippen molar-refractivity contribution in [3.8, 4) is 6.07 Å². The quantitative estimate of drug-likeness (QED) is 0.699. The summed E-state index contributed by atoms with van der Waals surface area (Å²) in [5, 5.41) is 12.6. The molecule has 3 aromatic rings. The van der Waals surface area contributed by atoms with E-state index in [1.165, 1.54) is 29.5 Å². The van der Waals surface area contributed by atoms with Gasteiger partial charge in [0.2, 0.25) is 15.9 Å². The second-order valence-electron chi connectivity index (χ2n) is 5.40. The van der Waals surface area contributed by atoms with Gasteiger partial charge in [-0.05, 0) is 37.3 Å². The van der Waals surface area contributed by atoms with Crippen molar-refractivity contribution in [1.82, 2.24) is 9.71 Å². The summed E-state index contributed by atoms with van der Waals surface area (Å²) >= 11 is 1.51. The van der Waals surface area contributed by atoms with Crippen molar-refractivity contribution in [1.29, 1.82) is 5.26 Å². The number of thiazole rings is 1. The number of fused-ring (bicyclic) bond motifs is 1. The minimum atomic E-state index is -3.96. The maximum absolute atomic E-state index is 12.3. The molecule has 0 saturated carbocycles. The average Bonchev–Trinajstić information content (AvgIpc) is 2.99. The van der Waals surface area contributed by atoms with Gasteiger partial charge >= 0.3 is 0 Å². The number of anilines is 1. The van der Waals surface area contributed by atoms with Gasteiger partial charge in [0, 0.05) is 5.69 Å². The first-order chi connectivity index (χ1) is 12.4. The van der Waals surface area contributed by atoms with Crippen molar-refractivity contribution in [2.75, 3.05) is 11.9 Å². The number of sulfonamides is 1. The lowest BCUT2D eigenvalue weighted by Crippen LogP contribution is -2.33. The first-order valence-electron chi connectivity index (χ1n) is 7.55. The number of nitrogens with zero attached hydrogens (tertiary/aromatic N) is 2. The molecule has 132 valence electrons. The SMILES string of the molecule is Cc1nc2ccc(NC(=O)CNS(=O)(=O)c3ccccc3C#N)cc2s1. The van der Waals surface area contributed by atoms with Gasteiger partial charge in [-0.2, -0.15) is 5.26 Å². The highest BCUT2D eigenvalue weighted by Gasteiger charge is 2.19. The Balaban J connectivity index is 1.68. The lowest BCUT2D eigenvalue weighted by Gasteiger charge is -2.09. The van der Waals surface area contributed by atoms with Crippen LogP contribution in [0.15, 0.2) is 47.4 Å². The number of nitrogens with one attached hydrogen (secondary N) is 2. The normalized spacial score (nSPS) is 11.2. The first kappa shape index (κ1) is 18.0. The van der Waals surface area contributed by atoms with Crippen molar-refractivity contribution in [2.24, 2.45) is 0 Å². The van der Waals surface area contributed by atoms with E-state index in [1.807, 2.05) is 13.0 Å². The molecular formula is C17H14N4O3S2. The summed E-state index contributed by atoms with van der Waals surface area (Å²) in [6, 6.07) is 12.9. The van der Waals surface area contributed by atoms with Gasteiger partial charge in [-0.3, -0.25) is 4.79 Å². The summed E-state index contributed by atoms with van der Waals surface area (Å²) in [7, 11) is -3.96. The molecule has 0 bridgehead atoms. The van der Waals surface area contributed by atoms with Gasteiger partial charge in [-0.1, -0.05) is 12.1 Å². The van der Waals surface area contributed by atoms with Crippen molar-refractivity contribution in [2.45, 2.75) is 11.8 Å². The number of aromatic nitrogens is 1. The van der Waals surface area contributed by atoms with Crippen LogP contribution in [0.2, 0.25) is 0 Å². The van der Waals surface area contributed by atoms with E-state index in [0.29, 0.717) is 5.69 Å². The first-order valence-corrected chi connectivity index (χ1v) is 9.85. The Kier molecular flexibility index (Phi) is 4.99. The predicted molar refractivity (Wildman–Crippen MR) is 99.3 cm³/mol. The molecule has 0 saturated heterocycles. The van der Waals surface area contributed by atoms with E-state index in [-0.39, 0.29) is 10.5 Å². The van der Waals surface area contributed by atoms with Crippen molar-refractivity contribution >= 4 is 43.2 Å². The fourth-order valence-corrected chi connectivity index (χ4v) is 4.36. The van der Waals surface area contributed by atoms with Crippen LogP contribution in [0.3, 0.4) is 0 Å². The van der Waals surface area contributed by atoms with Gasteiger partial charge in [-0.15, -0.1) is 11.3 Å². The molecule has 2 aromatic carbocycles. The predicted octanol–water partition coefficient (Wildman–Crippen LogP) is 2.39. The number of hydrogen-bond donors (Lipinski definition) is 2. The molecule has 0 aliphatic rings. The van der Waals surface area contributed by atoms with Crippen LogP contribution in [0.4, 0.5) is 5.69 Å². The Bertz CT molecular complexity index is 1130. The van der Waals surface area contributed by atoms with Crippen molar-refractivity contribution in [3.63, 3.8) is 0 Å². The van der Waals surface area contributed by atoms with Gasteiger partial charge < -0.3 is 5.32 Å². The molecule has 1 heterocycles. The van der Waals surface area contributed by atoms with E-state index in [0.717, 1.165) is 15.2 Å². The van der Waals surface area contributed by atoms with E-state index in [9.17, 15) is 13.2 Å². The Morgan fingerprint density at radius 3 is 2.81 bits per heavy atom. The molecule has 0 radical (unpaired) electrons. The van der Waals surface area contributed by atoms with E-state index in [4.69, 9.17) is 5.26 Å². The highest BCUT2D eigenvalue weighted by Crippen LogP contribution is 2.24. The molecule has 1 amide bonds. The molecule has 1 aromatic heterocycles. The lowest BCUT2D eigenvalue weighted by atomic mass is 10.2. The highest BCUT2D eigenvalue weighted by atomic mass is 32.2. The molecule has 9 heteroatoms. The molecule has 0 spiro atoms. The number of benzene rings is 2. The van der Waals surface area contributed by atoms with Crippen LogP contribution < -0.4 is 10.0 Å². The fourth-order valence-electron chi connectivity index (χ4n) is 2.35. The molecule has 0 aliphatic heterocycles. The Morgan fingerprint density at radius 2 is 2.04 bits per heavy atom. The minimum absolute atomic E-state index is 0.0198. The van der Waals surface area contributed by atoms with Gasteiger partial charge in [-0.25, -0.2) is 18.1 Å². The zero-order valence-electron chi connectivity index (χ0n) is 13.7. The summed E-state index contributed by atoms with van der Waals surface area (Å²) in [5.41, 5.74) is 1.42. The third-order valence-electron chi connectivity index (χ3n) is 3.50. The maximum Gasteiger partial charge on any atom is 0.242 e. The molecule has 3 rings (SSSR count). The number of amides is 1. The minimum Gasteiger partial charge on any atom is -0.325 e. The molecule has 0 unspecified atom stereocenters. The molecule has 0 atom stereocenters. The van der Waals surface area contributed by atoms with Crippen LogP contribution in [-0.4, -0.2) is 25.9 Å². The standard InChI is InChI=1S/C17H14N4O3S2/c1-11-20-14-7-6-13(8-15(14)25-11)21-17(22)10-19-26(23,24)16-5-3-2-4-12(16)9-18/h2-8,19H,10H2,1H3,(H,21,22). The maximum atomic E-state index is 12.3. The number of carbonyl (C=O) groups excluding carboxylic acids is 1. The Morgan fingerprint density at radius 1 is 1.27 bits per heavy atom. The Labute approximate surface area is 154 Å². The fraction of sp³-hybridized carbons (Fsp3) is 0.118. The third-order valence-corrected chi connectivity index (χ3v) is 5.89. The molecule has 0 aliphatic carbocycles. The van der Waals surface area contributed by atoms with Crippen molar-refractivity contribution < 1.29 is 13.2 Å². The second kappa shape index (κ2) is 7.21. The van der Waals surface area contributed by atoms with Crippen LogP contribution in [0.5, 0.6) is 0 Å². The third kappa shape index (κ3) is 3.88. The highest BCUT2D eigenvalue weighted by molar-refractivity contribution is 7.89. The van der Waals surface area contributed by atoms with Crippen LogP contribution in [-0.2, 0) is 14.8 Å². The monoisotopic (exact) mass is 386 g/mol. The molecule has 7 nitrogen and oxygen atoms in total. The van der Waals surface area contributed by atoms with E-state index in [1.54, 1.807) is 24.3 Å². The van der Waals surface area contributed by atoms with E-state index in [2.05, 4.69) is 15.0 Å². The largest absolute Gasteiger partial charge is 0.325 e. The average molecular weight is 386 g/mol. The number of rotatable bonds is 5. The zero-order chi connectivity index (χ0) is 18.7. The zero-order valence-corrected chi connectivity index (χ0v) is 15.3. The summed E-state index contributed by atoms with van der Waals surface area (Å²) in [6.07, 6.45) is 0. The van der Waals surface area contributed by atoms with Gasteiger partial charge in [0.25, 0.3) is 0 Å². The van der Waals surface area contributed by atoms with Crippen LogP contribution in [0, 0.1) is 18.3 Å². The molecular weight excluding hydrogens is 372 g/mol. The van der Waals surface area contributed by atoms with Crippen LogP contribution >= 0.6 is 11.3 Å². The number of carbonyl (C=O) groups is 1. The van der Waals surface area contributed by atoms with Crippen LogP contribution in [0.1, 0.15) is 10.6 Å². The van der Waals surface area contributed by atoms with Gasteiger partial charge in [0.15, 0.2) is 0 Å². The summed E-state index contributed by atoms with van der Waals surface area (Å²) in [6.45, 7) is 1.46. The summed E-state index contributed by atoms with van der Waals surface area (Å²) in [5.74, 6) is -0.511. The summed E-state index contributed by atoms with van der Waals surface area (Å²) in [4.78, 5) is 16.3.